The van der Waals surface area contributed by atoms with Crippen LogP contribution in [0, 0.1) is 6.92 Å². The van der Waals surface area contributed by atoms with Gasteiger partial charge in [-0.05, 0) is 77.6 Å². The van der Waals surface area contributed by atoms with Gasteiger partial charge in [-0.25, -0.2) is 22.2 Å². The van der Waals surface area contributed by atoms with Crippen molar-refractivity contribution in [2.24, 2.45) is 0 Å². The minimum atomic E-state index is -4.10. The number of carbonyl (C=O) groups is 1. The number of fused-ring (bicyclic) bond motifs is 1. The predicted molar refractivity (Wildman–Crippen MR) is 149 cm³/mol. The van der Waals surface area contributed by atoms with Crippen molar-refractivity contribution < 1.29 is 27.8 Å². The van der Waals surface area contributed by atoms with Crippen LogP contribution in [0.15, 0.2) is 47.5 Å². The van der Waals surface area contributed by atoms with Crippen LogP contribution in [0.2, 0.25) is 5.02 Å². The van der Waals surface area contributed by atoms with Gasteiger partial charge in [0, 0.05) is 37.9 Å². The van der Waals surface area contributed by atoms with Gasteiger partial charge in [0.2, 0.25) is 0 Å². The van der Waals surface area contributed by atoms with Crippen LogP contribution < -0.4 is 0 Å². The van der Waals surface area contributed by atoms with Crippen LogP contribution in [0.5, 0.6) is 0 Å². The van der Waals surface area contributed by atoms with Gasteiger partial charge in [0.25, 0.3) is 10.0 Å². The average molecular weight is 578 g/mol. The molecule has 0 atom stereocenters. The highest BCUT2D eigenvalue weighted by Crippen LogP contribution is 2.39. The Hall–Kier alpha value is -2.66. The molecule has 11 heteroatoms. The Balaban J connectivity index is 0.000000634. The number of benzene rings is 1. The minimum absolute atomic E-state index is 0.0772. The second-order valence-corrected chi connectivity index (χ2v) is 13.2. The molecule has 2 aliphatic heterocycles. The molecule has 2 fully saturated rings. The zero-order valence-corrected chi connectivity index (χ0v) is 24.4. The lowest BCUT2D eigenvalue weighted by Gasteiger charge is -2.38. The molecule has 9 nitrogen and oxygen atoms in total. The number of aromatic nitrogens is 2. The first-order valence-electron chi connectivity index (χ1n) is 13.1. The van der Waals surface area contributed by atoms with Crippen molar-refractivity contribution in [1.29, 1.82) is 0 Å². The van der Waals surface area contributed by atoms with Gasteiger partial charge >= 0.3 is 6.09 Å². The Morgan fingerprint density at radius 1 is 1.10 bits per heavy atom. The molecule has 5 rings (SSSR count). The van der Waals surface area contributed by atoms with E-state index in [0.29, 0.717) is 10.4 Å². The quantitative estimate of drug-likeness (QED) is 0.452. The number of amides is 1. The van der Waals surface area contributed by atoms with Gasteiger partial charge in [-0.15, -0.1) is 0 Å². The highest BCUT2D eigenvalue weighted by atomic mass is 35.5. The number of piperidine rings is 1. The maximum atomic E-state index is 13.8. The first-order valence-corrected chi connectivity index (χ1v) is 14.9. The summed E-state index contributed by atoms with van der Waals surface area (Å²) in [7, 11) is -4.10. The molecule has 39 heavy (non-hydrogen) atoms. The summed E-state index contributed by atoms with van der Waals surface area (Å²) in [6.45, 7) is 9.65. The molecule has 0 saturated carbocycles. The van der Waals surface area contributed by atoms with Crippen molar-refractivity contribution in [3.63, 3.8) is 0 Å². The van der Waals surface area contributed by atoms with Crippen LogP contribution >= 0.6 is 11.6 Å². The van der Waals surface area contributed by atoms with Crippen LogP contribution in [-0.2, 0) is 25.1 Å². The third-order valence-electron chi connectivity index (χ3n) is 6.71. The van der Waals surface area contributed by atoms with Gasteiger partial charge in [-0.1, -0.05) is 29.3 Å². The van der Waals surface area contributed by atoms with Gasteiger partial charge in [-0.3, -0.25) is 0 Å². The van der Waals surface area contributed by atoms with Crippen molar-refractivity contribution in [2.75, 3.05) is 26.3 Å². The largest absolute Gasteiger partial charge is 0.444 e. The summed E-state index contributed by atoms with van der Waals surface area (Å²) in [5, 5.41) is 12.4. The number of aliphatic hydroxyl groups is 1. The van der Waals surface area contributed by atoms with Crippen LogP contribution in [0.25, 0.3) is 11.0 Å². The number of carbonyl (C=O) groups excluding carboxylic acids is 1. The van der Waals surface area contributed by atoms with E-state index < -0.39 is 27.3 Å². The van der Waals surface area contributed by atoms with E-state index in [0.717, 1.165) is 22.7 Å². The number of rotatable bonds is 3. The van der Waals surface area contributed by atoms with Crippen molar-refractivity contribution in [3.8, 4) is 0 Å². The van der Waals surface area contributed by atoms with Crippen molar-refractivity contribution in [1.82, 2.24) is 13.9 Å². The molecular formula is C28H36ClN3O6S. The number of nitrogens with zero attached hydrogens (tertiary/aromatic N) is 3. The summed E-state index contributed by atoms with van der Waals surface area (Å²) in [6.07, 6.45) is 3.78. The number of likely N-dealkylation sites (tertiary alicyclic amines) is 1. The molecule has 3 aromatic rings. The Morgan fingerprint density at radius 2 is 1.72 bits per heavy atom. The Morgan fingerprint density at radius 3 is 2.26 bits per heavy atom. The van der Waals surface area contributed by atoms with E-state index in [1.54, 1.807) is 45.0 Å². The van der Waals surface area contributed by atoms with Crippen LogP contribution in [-0.4, -0.2) is 65.4 Å². The molecular weight excluding hydrogens is 542 g/mol. The van der Waals surface area contributed by atoms with Gasteiger partial charge in [0.05, 0.1) is 15.6 Å². The molecule has 2 aromatic heterocycles. The number of ether oxygens (including phenoxy) is 2. The summed E-state index contributed by atoms with van der Waals surface area (Å²) in [5.41, 5.74) is -0.910. The van der Waals surface area contributed by atoms with E-state index >= 15 is 0 Å². The van der Waals surface area contributed by atoms with Crippen molar-refractivity contribution in [2.45, 2.75) is 69.5 Å². The number of hydrogen-bond donors (Lipinski definition) is 1. The number of halogens is 1. The van der Waals surface area contributed by atoms with E-state index in [9.17, 15) is 18.3 Å². The first kappa shape index (κ1) is 29.3. The highest BCUT2D eigenvalue weighted by Gasteiger charge is 2.42. The lowest BCUT2D eigenvalue weighted by atomic mass is 9.88. The summed E-state index contributed by atoms with van der Waals surface area (Å²) in [6, 6.07) is 9.64. The molecule has 0 bridgehead atoms. The average Bonchev–Trinajstić information content (AvgIpc) is 3.57. The minimum Gasteiger partial charge on any atom is -0.444 e. The molecule has 0 aliphatic carbocycles. The first-order chi connectivity index (χ1) is 18.3. The standard InChI is InChI=1S/C24H28ClN3O5S.C4H8O/c1-16-5-7-17(8-6-16)34(31,32)28-20(15-18-19(25)9-12-26-21(18)28)24(30)10-13-27(14-11-24)22(29)33-23(2,3)4;1-2-4-5-3-1/h5-9,12,15,30H,10-11,13-14H2,1-4H3;1-4H2. The topological polar surface area (TPSA) is 111 Å². The zero-order chi connectivity index (χ0) is 28.4. The predicted octanol–water partition coefficient (Wildman–Crippen LogP) is 5.25. The van der Waals surface area contributed by atoms with Crippen LogP contribution in [0.1, 0.15) is 57.7 Å². The van der Waals surface area contributed by atoms with Crippen molar-refractivity contribution >= 4 is 38.8 Å². The number of aryl methyl sites for hydroxylation is 1. The van der Waals surface area contributed by atoms with Gasteiger partial charge in [-0.2, -0.15) is 0 Å². The molecule has 0 unspecified atom stereocenters. The lowest BCUT2D eigenvalue weighted by Crippen LogP contribution is -2.47. The SMILES string of the molecule is C1CCOC1.Cc1ccc(S(=O)(=O)n2c(C3(O)CCN(C(=O)OC(C)(C)C)CC3)cc3c(Cl)ccnc32)cc1. The molecule has 0 radical (unpaired) electrons. The van der Waals surface area contributed by atoms with E-state index in [1.165, 1.54) is 36.1 Å². The third-order valence-corrected chi connectivity index (χ3v) is 8.76. The summed E-state index contributed by atoms with van der Waals surface area (Å²) in [5.74, 6) is 0. The normalized spacial score (nSPS) is 17.5. The maximum Gasteiger partial charge on any atom is 0.410 e. The fraction of sp³-hybridized carbons (Fsp3) is 0.500. The summed E-state index contributed by atoms with van der Waals surface area (Å²) >= 11 is 6.37. The summed E-state index contributed by atoms with van der Waals surface area (Å²) < 4.78 is 39.0. The fourth-order valence-electron chi connectivity index (χ4n) is 4.58. The smallest absolute Gasteiger partial charge is 0.410 e. The molecule has 1 aromatic carbocycles. The highest BCUT2D eigenvalue weighted by molar-refractivity contribution is 7.90. The third kappa shape index (κ3) is 6.57. The molecule has 2 aliphatic rings. The Labute approximate surface area is 234 Å². The van der Waals surface area contributed by atoms with Gasteiger partial charge < -0.3 is 19.5 Å². The maximum absolute atomic E-state index is 13.8. The molecule has 0 spiro atoms. The number of pyridine rings is 1. The zero-order valence-electron chi connectivity index (χ0n) is 22.8. The molecule has 1 amide bonds. The van der Waals surface area contributed by atoms with Crippen LogP contribution in [0.3, 0.4) is 0 Å². The Bertz CT molecular complexity index is 1410. The van der Waals surface area contributed by atoms with E-state index in [4.69, 9.17) is 21.1 Å². The molecule has 1 N–H and O–H groups in total. The molecule has 212 valence electrons. The van der Waals surface area contributed by atoms with E-state index in [2.05, 4.69) is 4.98 Å². The Kier molecular flexibility index (Phi) is 8.61. The summed E-state index contributed by atoms with van der Waals surface area (Å²) in [4.78, 5) is 18.4. The van der Waals surface area contributed by atoms with Gasteiger partial charge in [0.1, 0.15) is 11.2 Å². The fourth-order valence-corrected chi connectivity index (χ4v) is 6.32. The lowest BCUT2D eigenvalue weighted by molar-refractivity contribution is -0.0384. The monoisotopic (exact) mass is 577 g/mol. The van der Waals surface area contributed by atoms with Crippen molar-refractivity contribution in [3.05, 3.63) is 58.9 Å². The van der Waals surface area contributed by atoms with Crippen LogP contribution in [0.4, 0.5) is 4.79 Å². The second-order valence-electron chi connectivity index (χ2n) is 11.0. The van der Waals surface area contributed by atoms with E-state index in [1.807, 2.05) is 6.92 Å². The van der Waals surface area contributed by atoms with E-state index in [-0.39, 0.29) is 42.2 Å². The molecule has 4 heterocycles. The van der Waals surface area contributed by atoms with Gasteiger partial charge in [0.15, 0.2) is 5.65 Å². The second kappa shape index (κ2) is 11.4. The molecule has 2 saturated heterocycles. The number of hydrogen-bond acceptors (Lipinski definition) is 7.